The number of benzene rings is 1. The van der Waals surface area contributed by atoms with Gasteiger partial charge < -0.3 is 10.1 Å². The molecule has 0 aliphatic carbocycles. The van der Waals surface area contributed by atoms with Crippen LogP contribution in [0.25, 0.3) is 6.08 Å². The van der Waals surface area contributed by atoms with Gasteiger partial charge >= 0.3 is 5.97 Å². The van der Waals surface area contributed by atoms with Crippen molar-refractivity contribution in [3.63, 3.8) is 0 Å². The first-order chi connectivity index (χ1) is 9.97. The van der Waals surface area contributed by atoms with Crippen LogP contribution in [-0.4, -0.2) is 24.7 Å². The summed E-state index contributed by atoms with van der Waals surface area (Å²) in [4.78, 5) is 12.0. The summed E-state index contributed by atoms with van der Waals surface area (Å²) < 4.78 is 6.66. The number of piperidine rings is 1. The Kier molecular flexibility index (Phi) is 5.59. The van der Waals surface area contributed by atoms with E-state index >= 15 is 0 Å². The molecule has 0 unspecified atom stereocenters. The van der Waals surface area contributed by atoms with Crippen LogP contribution in [0.5, 0.6) is 0 Å². The van der Waals surface area contributed by atoms with Crippen LogP contribution in [-0.2, 0) is 9.53 Å². The molecule has 0 atom stereocenters. The minimum absolute atomic E-state index is 0.279. The van der Waals surface area contributed by atoms with E-state index in [-0.39, 0.29) is 5.97 Å². The van der Waals surface area contributed by atoms with Gasteiger partial charge in [0.1, 0.15) is 5.60 Å². The molecule has 1 N–H and O–H groups in total. The average Bonchev–Trinajstić information content (AvgIpc) is 2.46. The molecule has 0 saturated carbocycles. The molecule has 1 aliphatic rings. The Morgan fingerprint density at radius 1 is 1.38 bits per heavy atom. The summed E-state index contributed by atoms with van der Waals surface area (Å²) in [6, 6.07) is 7.80. The molecule has 0 amide bonds. The molecule has 1 heterocycles. The van der Waals surface area contributed by atoms with Crippen molar-refractivity contribution >= 4 is 28.0 Å². The molecule has 1 aromatic carbocycles. The third-order valence-corrected chi connectivity index (χ3v) is 4.44. The molecule has 0 spiro atoms. The molecule has 114 valence electrons. The molecular weight excluding hydrogens is 330 g/mol. The van der Waals surface area contributed by atoms with Crippen LogP contribution in [0, 0.1) is 5.92 Å². The third-order valence-electron chi connectivity index (χ3n) is 3.95. The van der Waals surface area contributed by atoms with Gasteiger partial charge in [-0.2, -0.15) is 0 Å². The molecule has 21 heavy (non-hydrogen) atoms. The maximum absolute atomic E-state index is 12.0. The lowest BCUT2D eigenvalue weighted by Gasteiger charge is -2.36. The van der Waals surface area contributed by atoms with Crippen LogP contribution >= 0.6 is 15.9 Å². The van der Waals surface area contributed by atoms with Gasteiger partial charge in [-0.05, 0) is 63.6 Å². The second kappa shape index (κ2) is 7.23. The van der Waals surface area contributed by atoms with Gasteiger partial charge in [-0.3, -0.25) is 0 Å². The lowest BCUT2D eigenvalue weighted by molar-refractivity contribution is -0.156. The van der Waals surface area contributed by atoms with E-state index in [1.54, 1.807) is 6.08 Å². The fourth-order valence-corrected chi connectivity index (χ4v) is 3.09. The van der Waals surface area contributed by atoms with E-state index in [0.717, 1.165) is 36.0 Å². The van der Waals surface area contributed by atoms with Gasteiger partial charge in [0.25, 0.3) is 0 Å². The van der Waals surface area contributed by atoms with Gasteiger partial charge in [-0.15, -0.1) is 0 Å². The third kappa shape index (κ3) is 4.97. The lowest BCUT2D eigenvalue weighted by Crippen LogP contribution is -2.42. The summed E-state index contributed by atoms with van der Waals surface area (Å²) in [6.45, 7) is 6.01. The number of hydrogen-bond acceptors (Lipinski definition) is 3. The monoisotopic (exact) mass is 351 g/mol. The Balaban J connectivity index is 1.94. The van der Waals surface area contributed by atoms with Gasteiger partial charge in [-0.25, -0.2) is 4.79 Å². The summed E-state index contributed by atoms with van der Waals surface area (Å²) in [5, 5.41) is 3.33. The highest BCUT2D eigenvalue weighted by Gasteiger charge is 2.33. The van der Waals surface area contributed by atoms with Crippen molar-refractivity contribution in [1.29, 1.82) is 0 Å². The molecule has 1 aromatic rings. The van der Waals surface area contributed by atoms with Crippen LogP contribution in [0.2, 0.25) is 0 Å². The Labute approximate surface area is 134 Å². The first kappa shape index (κ1) is 16.2. The van der Waals surface area contributed by atoms with Crippen LogP contribution in [0.1, 0.15) is 32.3 Å². The van der Waals surface area contributed by atoms with Gasteiger partial charge in [0.05, 0.1) is 0 Å². The summed E-state index contributed by atoms with van der Waals surface area (Å²) in [7, 11) is 0. The Morgan fingerprint density at radius 2 is 2.10 bits per heavy atom. The molecule has 1 fully saturated rings. The molecule has 0 bridgehead atoms. The van der Waals surface area contributed by atoms with Crippen molar-refractivity contribution in [2.75, 3.05) is 13.1 Å². The number of esters is 1. The molecule has 1 saturated heterocycles. The van der Waals surface area contributed by atoms with Gasteiger partial charge in [-0.1, -0.05) is 28.1 Å². The van der Waals surface area contributed by atoms with Crippen LogP contribution in [0.15, 0.2) is 34.8 Å². The van der Waals surface area contributed by atoms with E-state index in [9.17, 15) is 4.79 Å². The van der Waals surface area contributed by atoms with Crippen molar-refractivity contribution in [1.82, 2.24) is 5.32 Å². The van der Waals surface area contributed by atoms with E-state index in [2.05, 4.69) is 21.2 Å². The number of hydrogen-bond donors (Lipinski definition) is 1. The molecule has 3 nitrogen and oxygen atoms in total. The molecule has 2 rings (SSSR count). The number of halogens is 1. The quantitative estimate of drug-likeness (QED) is 0.662. The molecule has 1 aliphatic heterocycles. The van der Waals surface area contributed by atoms with Crippen molar-refractivity contribution in [3.05, 3.63) is 40.4 Å². The SMILES string of the molecule is CC(C)(OC(=O)/C=C/c1cccc(Br)c1)C1CCNCC1. The Bertz CT molecular complexity index is 519. The Morgan fingerprint density at radius 3 is 2.76 bits per heavy atom. The standard InChI is InChI=1S/C17H22BrNO2/c1-17(2,14-8-10-19-11-9-14)21-16(20)7-6-13-4-3-5-15(18)12-13/h3-7,12,14,19H,8-11H2,1-2H3/b7-6+. The zero-order valence-corrected chi connectivity index (χ0v) is 14.2. The molecular formula is C17H22BrNO2. The van der Waals surface area contributed by atoms with E-state index in [4.69, 9.17) is 4.74 Å². The number of rotatable bonds is 4. The Hall–Kier alpha value is -1.13. The molecule has 0 radical (unpaired) electrons. The highest BCUT2D eigenvalue weighted by Crippen LogP contribution is 2.29. The van der Waals surface area contributed by atoms with Crippen molar-refractivity contribution < 1.29 is 9.53 Å². The van der Waals surface area contributed by atoms with E-state index in [1.165, 1.54) is 6.08 Å². The average molecular weight is 352 g/mol. The fourth-order valence-electron chi connectivity index (χ4n) is 2.67. The number of carbonyl (C=O) groups excluding carboxylic acids is 1. The minimum atomic E-state index is -0.416. The van der Waals surface area contributed by atoms with Crippen molar-refractivity contribution in [2.24, 2.45) is 5.92 Å². The van der Waals surface area contributed by atoms with E-state index < -0.39 is 5.60 Å². The van der Waals surface area contributed by atoms with Crippen molar-refractivity contribution in [2.45, 2.75) is 32.3 Å². The first-order valence-electron chi connectivity index (χ1n) is 7.35. The first-order valence-corrected chi connectivity index (χ1v) is 8.14. The number of nitrogens with one attached hydrogen (secondary N) is 1. The smallest absolute Gasteiger partial charge is 0.331 e. The predicted octanol–water partition coefficient (Wildman–Crippen LogP) is 3.78. The number of ether oxygens (including phenoxy) is 1. The predicted molar refractivity (Wildman–Crippen MR) is 88.9 cm³/mol. The van der Waals surface area contributed by atoms with Gasteiger partial charge in [0, 0.05) is 16.5 Å². The maximum atomic E-state index is 12.0. The molecule has 0 aromatic heterocycles. The topological polar surface area (TPSA) is 38.3 Å². The molecule has 4 heteroatoms. The second-order valence-electron chi connectivity index (χ2n) is 5.94. The van der Waals surface area contributed by atoms with E-state index in [1.807, 2.05) is 38.1 Å². The fraction of sp³-hybridized carbons (Fsp3) is 0.471. The summed E-state index contributed by atoms with van der Waals surface area (Å²) in [5.41, 5.74) is 0.557. The summed E-state index contributed by atoms with van der Waals surface area (Å²) >= 11 is 3.41. The van der Waals surface area contributed by atoms with Crippen LogP contribution < -0.4 is 5.32 Å². The normalized spacial score (nSPS) is 17.1. The van der Waals surface area contributed by atoms with Crippen LogP contribution in [0.4, 0.5) is 0 Å². The lowest BCUT2D eigenvalue weighted by atomic mass is 9.83. The zero-order valence-electron chi connectivity index (χ0n) is 12.6. The van der Waals surface area contributed by atoms with E-state index in [0.29, 0.717) is 5.92 Å². The minimum Gasteiger partial charge on any atom is -0.456 e. The summed E-state index contributed by atoms with van der Waals surface area (Å²) in [5.74, 6) is 0.139. The maximum Gasteiger partial charge on any atom is 0.331 e. The summed E-state index contributed by atoms with van der Waals surface area (Å²) in [6.07, 6.45) is 5.39. The highest BCUT2D eigenvalue weighted by molar-refractivity contribution is 9.10. The van der Waals surface area contributed by atoms with Crippen molar-refractivity contribution in [3.8, 4) is 0 Å². The van der Waals surface area contributed by atoms with Gasteiger partial charge in [0.2, 0.25) is 0 Å². The number of carbonyl (C=O) groups is 1. The zero-order chi connectivity index (χ0) is 15.3. The van der Waals surface area contributed by atoms with Crippen LogP contribution in [0.3, 0.4) is 0 Å². The second-order valence-corrected chi connectivity index (χ2v) is 6.85. The van der Waals surface area contributed by atoms with Gasteiger partial charge in [0.15, 0.2) is 0 Å². The largest absolute Gasteiger partial charge is 0.456 e. The highest BCUT2D eigenvalue weighted by atomic mass is 79.9.